The molecule has 0 heterocycles. The van der Waals surface area contributed by atoms with Gasteiger partial charge in [-0.2, -0.15) is 0 Å². The van der Waals surface area contributed by atoms with Crippen molar-refractivity contribution in [2.45, 2.75) is 27.0 Å². The number of methoxy groups -OCH3 is 1. The van der Waals surface area contributed by atoms with Gasteiger partial charge in [0.1, 0.15) is 12.4 Å². The van der Waals surface area contributed by atoms with E-state index in [-0.39, 0.29) is 29.0 Å². The van der Waals surface area contributed by atoms with E-state index in [9.17, 15) is 9.18 Å². The van der Waals surface area contributed by atoms with Gasteiger partial charge >= 0.3 is 0 Å². The molecule has 174 valence electrons. The molecule has 0 saturated carbocycles. The normalized spacial score (nSPS) is 10.8. The fourth-order valence-electron chi connectivity index (χ4n) is 2.96. The number of amides is 1. The lowest BCUT2D eigenvalue weighted by molar-refractivity contribution is -0.118. The van der Waals surface area contributed by atoms with E-state index in [1.54, 1.807) is 18.2 Å². The third-order valence-corrected chi connectivity index (χ3v) is 5.63. The zero-order valence-electron chi connectivity index (χ0n) is 18.5. The van der Waals surface area contributed by atoms with E-state index < -0.39 is 5.82 Å². The van der Waals surface area contributed by atoms with Crippen molar-refractivity contribution in [1.29, 1.82) is 0 Å². The first kappa shape index (κ1) is 24.7. The fourth-order valence-corrected chi connectivity index (χ4v) is 3.40. The summed E-state index contributed by atoms with van der Waals surface area (Å²) in [5.74, 6) is 0.291. The van der Waals surface area contributed by atoms with E-state index in [2.05, 4.69) is 10.6 Å². The molecule has 0 radical (unpaired) electrons. The Labute approximate surface area is 202 Å². The van der Waals surface area contributed by atoms with Crippen molar-refractivity contribution >= 4 is 40.5 Å². The summed E-state index contributed by atoms with van der Waals surface area (Å²) in [6.07, 6.45) is 0. The largest absolute Gasteiger partial charge is 0.493 e. The molecule has 0 aliphatic carbocycles. The molecule has 0 fully saturated rings. The highest BCUT2D eigenvalue weighted by Gasteiger charge is 2.14. The molecular weight excluding hydrogens is 466 g/mol. The standard InChI is InChI=1S/C25H25Cl2FN2O3/c1-15(2)25(31)30-18-9-7-17(8-10-18)29-13-16-11-23(32-3)24(12-21(16)27)33-14-19-20(26)5-4-6-22(19)28/h4-12,15,29H,13-14H2,1-3H3,(H,30,31). The van der Waals surface area contributed by atoms with Crippen molar-refractivity contribution in [3.05, 3.63) is 81.6 Å². The van der Waals surface area contributed by atoms with Crippen molar-refractivity contribution in [2.75, 3.05) is 17.7 Å². The minimum absolute atomic E-state index is 0.0332. The molecule has 5 nitrogen and oxygen atoms in total. The summed E-state index contributed by atoms with van der Waals surface area (Å²) < 4.78 is 25.2. The monoisotopic (exact) mass is 490 g/mol. The summed E-state index contributed by atoms with van der Waals surface area (Å²) in [5.41, 5.74) is 2.65. The Morgan fingerprint density at radius 1 is 1.00 bits per heavy atom. The Hall–Kier alpha value is -2.96. The number of hydrogen-bond acceptors (Lipinski definition) is 4. The molecule has 0 aliphatic heterocycles. The van der Waals surface area contributed by atoms with Gasteiger partial charge in [-0.3, -0.25) is 4.79 Å². The quantitative estimate of drug-likeness (QED) is 0.341. The van der Waals surface area contributed by atoms with Crippen molar-refractivity contribution in [3.8, 4) is 11.5 Å². The van der Waals surface area contributed by atoms with Gasteiger partial charge in [0, 0.05) is 40.5 Å². The summed E-state index contributed by atoms with van der Waals surface area (Å²) in [6.45, 7) is 4.06. The van der Waals surface area contributed by atoms with E-state index in [1.165, 1.54) is 19.2 Å². The first-order valence-electron chi connectivity index (χ1n) is 10.4. The highest BCUT2D eigenvalue weighted by atomic mass is 35.5. The lowest BCUT2D eigenvalue weighted by atomic mass is 10.1. The van der Waals surface area contributed by atoms with Gasteiger partial charge in [0.2, 0.25) is 5.91 Å². The van der Waals surface area contributed by atoms with E-state index in [1.807, 2.05) is 38.1 Å². The van der Waals surface area contributed by atoms with Crippen molar-refractivity contribution in [1.82, 2.24) is 0 Å². The zero-order chi connectivity index (χ0) is 24.0. The molecule has 8 heteroatoms. The average molecular weight is 491 g/mol. The van der Waals surface area contributed by atoms with Crippen LogP contribution in [-0.4, -0.2) is 13.0 Å². The third kappa shape index (κ3) is 6.53. The van der Waals surface area contributed by atoms with Crippen LogP contribution in [0, 0.1) is 11.7 Å². The van der Waals surface area contributed by atoms with E-state index in [4.69, 9.17) is 32.7 Å². The Kier molecular flexibility index (Phi) is 8.42. The van der Waals surface area contributed by atoms with Crippen molar-refractivity contribution in [3.63, 3.8) is 0 Å². The van der Waals surface area contributed by atoms with Crippen LogP contribution in [0.5, 0.6) is 11.5 Å². The molecule has 0 saturated heterocycles. The minimum atomic E-state index is -0.442. The Morgan fingerprint density at radius 2 is 1.70 bits per heavy atom. The summed E-state index contributed by atoms with van der Waals surface area (Å²) >= 11 is 12.5. The second-order valence-corrected chi connectivity index (χ2v) is 8.47. The summed E-state index contributed by atoms with van der Waals surface area (Å²) in [7, 11) is 1.52. The first-order chi connectivity index (χ1) is 15.8. The maximum absolute atomic E-state index is 14.0. The van der Waals surface area contributed by atoms with Gasteiger partial charge in [-0.15, -0.1) is 0 Å². The Balaban J connectivity index is 1.66. The Morgan fingerprint density at radius 3 is 2.33 bits per heavy atom. The van der Waals surface area contributed by atoms with Crippen LogP contribution < -0.4 is 20.1 Å². The number of hydrogen-bond donors (Lipinski definition) is 2. The molecule has 0 bridgehead atoms. The minimum Gasteiger partial charge on any atom is -0.493 e. The predicted octanol–water partition coefficient (Wildman–Crippen LogP) is 6.93. The number of anilines is 2. The van der Waals surface area contributed by atoms with Gasteiger partial charge in [-0.1, -0.05) is 43.1 Å². The van der Waals surface area contributed by atoms with E-state index in [0.29, 0.717) is 23.1 Å². The predicted molar refractivity (Wildman–Crippen MR) is 131 cm³/mol. The lowest BCUT2D eigenvalue weighted by Gasteiger charge is -2.15. The number of ether oxygens (including phenoxy) is 2. The summed E-state index contributed by atoms with van der Waals surface area (Å²) in [5, 5.41) is 6.90. The summed E-state index contributed by atoms with van der Waals surface area (Å²) in [4.78, 5) is 11.8. The second-order valence-electron chi connectivity index (χ2n) is 7.66. The van der Waals surface area contributed by atoms with Crippen LogP contribution >= 0.6 is 23.2 Å². The molecular formula is C25H25Cl2FN2O3. The second kappa shape index (κ2) is 11.3. The maximum Gasteiger partial charge on any atom is 0.226 e. The number of carbonyl (C=O) groups is 1. The smallest absolute Gasteiger partial charge is 0.226 e. The number of halogens is 3. The third-order valence-electron chi connectivity index (χ3n) is 4.93. The van der Waals surface area contributed by atoms with Crippen LogP contribution in [0.25, 0.3) is 0 Å². The van der Waals surface area contributed by atoms with Gasteiger partial charge in [0.05, 0.1) is 12.1 Å². The fraction of sp³-hybridized carbons (Fsp3) is 0.240. The van der Waals surface area contributed by atoms with Crippen molar-refractivity contribution in [2.24, 2.45) is 5.92 Å². The topological polar surface area (TPSA) is 59.6 Å². The van der Waals surface area contributed by atoms with Gasteiger partial charge in [0.15, 0.2) is 11.5 Å². The van der Waals surface area contributed by atoms with Gasteiger partial charge in [-0.05, 0) is 48.0 Å². The molecule has 1 amide bonds. The highest BCUT2D eigenvalue weighted by molar-refractivity contribution is 6.31. The highest BCUT2D eigenvalue weighted by Crippen LogP contribution is 2.35. The van der Waals surface area contributed by atoms with Gasteiger partial charge in [-0.25, -0.2) is 4.39 Å². The Bertz CT molecular complexity index is 1100. The molecule has 2 N–H and O–H groups in total. The number of carbonyl (C=O) groups excluding carboxylic acids is 1. The number of benzene rings is 3. The van der Waals surface area contributed by atoms with Crippen LogP contribution in [0.15, 0.2) is 54.6 Å². The van der Waals surface area contributed by atoms with Crippen LogP contribution in [-0.2, 0) is 17.9 Å². The summed E-state index contributed by atoms with van der Waals surface area (Å²) in [6, 6.07) is 15.3. The zero-order valence-corrected chi connectivity index (χ0v) is 20.1. The van der Waals surface area contributed by atoms with E-state index >= 15 is 0 Å². The molecule has 3 rings (SSSR count). The van der Waals surface area contributed by atoms with Crippen LogP contribution in [0.3, 0.4) is 0 Å². The lowest BCUT2D eigenvalue weighted by Crippen LogP contribution is -2.17. The molecule has 3 aromatic rings. The average Bonchev–Trinajstić information content (AvgIpc) is 2.79. The van der Waals surface area contributed by atoms with E-state index in [0.717, 1.165) is 16.9 Å². The molecule has 0 unspecified atom stereocenters. The van der Waals surface area contributed by atoms with Crippen molar-refractivity contribution < 1.29 is 18.7 Å². The SMILES string of the molecule is COc1cc(CNc2ccc(NC(=O)C(C)C)cc2)c(Cl)cc1OCc1c(F)cccc1Cl. The number of rotatable bonds is 9. The molecule has 0 aliphatic rings. The van der Waals surface area contributed by atoms with Crippen LogP contribution in [0.2, 0.25) is 10.0 Å². The molecule has 3 aromatic carbocycles. The molecule has 0 spiro atoms. The van der Waals surface area contributed by atoms with Gasteiger partial charge in [0.25, 0.3) is 0 Å². The molecule has 33 heavy (non-hydrogen) atoms. The molecule has 0 aromatic heterocycles. The maximum atomic E-state index is 14.0. The van der Waals surface area contributed by atoms with Crippen LogP contribution in [0.1, 0.15) is 25.0 Å². The van der Waals surface area contributed by atoms with Gasteiger partial charge < -0.3 is 20.1 Å². The molecule has 0 atom stereocenters. The van der Waals surface area contributed by atoms with Crippen LogP contribution in [0.4, 0.5) is 15.8 Å². The first-order valence-corrected chi connectivity index (χ1v) is 11.1. The number of nitrogens with one attached hydrogen (secondary N) is 2.